The van der Waals surface area contributed by atoms with Crippen LogP contribution < -0.4 is 4.72 Å². The number of carboxylic acid groups (broad SMARTS) is 1. The highest BCUT2D eigenvalue weighted by atomic mass is 79.9. The van der Waals surface area contributed by atoms with E-state index in [1.54, 1.807) is 25.6 Å². The predicted molar refractivity (Wildman–Crippen MR) is 88.6 cm³/mol. The minimum atomic E-state index is -3.76. The molecule has 0 aliphatic rings. The van der Waals surface area contributed by atoms with Gasteiger partial charge in [0.15, 0.2) is 0 Å². The van der Waals surface area contributed by atoms with Crippen LogP contribution in [0.1, 0.15) is 29.8 Å². The van der Waals surface area contributed by atoms with Crippen molar-refractivity contribution in [3.63, 3.8) is 0 Å². The lowest BCUT2D eigenvalue weighted by molar-refractivity contribution is 0.0696. The maximum absolute atomic E-state index is 12.4. The van der Waals surface area contributed by atoms with Gasteiger partial charge in [-0.2, -0.15) is 11.8 Å². The van der Waals surface area contributed by atoms with Crippen LogP contribution in [0.2, 0.25) is 0 Å². The predicted octanol–water partition coefficient (Wildman–Crippen LogP) is 2.88. The quantitative estimate of drug-likeness (QED) is 0.741. The molecule has 118 valence electrons. The number of hydrogen-bond acceptors (Lipinski definition) is 4. The summed E-state index contributed by atoms with van der Waals surface area (Å²) in [5, 5.41) is 9.05. The van der Waals surface area contributed by atoms with Crippen molar-refractivity contribution in [2.24, 2.45) is 0 Å². The van der Waals surface area contributed by atoms with E-state index in [4.69, 9.17) is 5.11 Å². The number of sulfonamides is 1. The average molecular weight is 396 g/mol. The zero-order chi connectivity index (χ0) is 16.2. The van der Waals surface area contributed by atoms with Crippen molar-refractivity contribution in [2.75, 3.05) is 11.5 Å². The van der Waals surface area contributed by atoms with Gasteiger partial charge in [0.25, 0.3) is 0 Å². The second kappa shape index (κ2) is 7.62. The van der Waals surface area contributed by atoms with Gasteiger partial charge in [0.1, 0.15) is 0 Å². The van der Waals surface area contributed by atoms with E-state index in [1.807, 2.05) is 6.92 Å². The lowest BCUT2D eigenvalue weighted by Crippen LogP contribution is -2.34. The summed E-state index contributed by atoms with van der Waals surface area (Å²) in [6.45, 7) is 5.42. The topological polar surface area (TPSA) is 83.5 Å². The fourth-order valence-corrected chi connectivity index (χ4v) is 4.62. The number of halogens is 1. The SMILES string of the molecule is CCSCC(C)NS(=O)(=O)c1cc(C(=O)O)cc(Br)c1C. The maximum Gasteiger partial charge on any atom is 0.335 e. The molecule has 0 fully saturated rings. The number of aromatic carboxylic acids is 1. The minimum Gasteiger partial charge on any atom is -0.478 e. The number of carbonyl (C=O) groups is 1. The smallest absolute Gasteiger partial charge is 0.335 e. The molecule has 21 heavy (non-hydrogen) atoms. The molecule has 0 saturated carbocycles. The molecule has 1 atom stereocenters. The first kappa shape index (κ1) is 18.5. The summed E-state index contributed by atoms with van der Waals surface area (Å²) in [5.74, 6) is 0.404. The summed E-state index contributed by atoms with van der Waals surface area (Å²) >= 11 is 4.84. The second-order valence-corrected chi connectivity index (χ2v) is 8.42. The Morgan fingerprint density at radius 1 is 1.48 bits per heavy atom. The van der Waals surface area contributed by atoms with Crippen LogP contribution in [0, 0.1) is 6.92 Å². The normalized spacial score (nSPS) is 13.1. The molecule has 1 unspecified atom stereocenters. The van der Waals surface area contributed by atoms with E-state index in [9.17, 15) is 13.2 Å². The Balaban J connectivity index is 3.16. The summed E-state index contributed by atoms with van der Waals surface area (Å²) in [5.41, 5.74) is 0.422. The van der Waals surface area contributed by atoms with Crippen molar-refractivity contribution in [3.8, 4) is 0 Å². The van der Waals surface area contributed by atoms with E-state index in [0.29, 0.717) is 15.8 Å². The fourth-order valence-electron chi connectivity index (χ4n) is 1.71. The highest BCUT2D eigenvalue weighted by Crippen LogP contribution is 2.26. The molecule has 5 nitrogen and oxygen atoms in total. The standard InChI is InChI=1S/C13H18BrNO4S2/c1-4-20-7-8(2)15-21(18,19)12-6-10(13(16)17)5-11(14)9(12)3/h5-6,8,15H,4,7H2,1-3H3,(H,16,17). The molecule has 2 N–H and O–H groups in total. The first-order chi connectivity index (χ1) is 9.69. The Bertz CT molecular complexity index is 631. The Morgan fingerprint density at radius 3 is 2.62 bits per heavy atom. The van der Waals surface area contributed by atoms with E-state index >= 15 is 0 Å². The fraction of sp³-hybridized carbons (Fsp3) is 0.462. The Kier molecular flexibility index (Phi) is 6.71. The zero-order valence-corrected chi connectivity index (χ0v) is 15.2. The van der Waals surface area contributed by atoms with Gasteiger partial charge in [-0.15, -0.1) is 0 Å². The van der Waals surface area contributed by atoms with Crippen LogP contribution in [0.4, 0.5) is 0 Å². The highest BCUT2D eigenvalue weighted by Gasteiger charge is 2.22. The number of thioether (sulfide) groups is 1. The van der Waals surface area contributed by atoms with Gasteiger partial charge in [-0.05, 0) is 37.3 Å². The van der Waals surface area contributed by atoms with E-state index < -0.39 is 16.0 Å². The second-order valence-electron chi connectivity index (χ2n) is 4.57. The first-order valence-corrected chi connectivity index (χ1v) is 9.75. The van der Waals surface area contributed by atoms with Crippen molar-refractivity contribution in [1.29, 1.82) is 0 Å². The summed E-state index contributed by atoms with van der Waals surface area (Å²) in [6, 6.07) is 2.35. The number of hydrogen-bond donors (Lipinski definition) is 2. The van der Waals surface area contributed by atoms with E-state index in [-0.39, 0.29) is 16.5 Å². The monoisotopic (exact) mass is 395 g/mol. The van der Waals surface area contributed by atoms with Gasteiger partial charge in [-0.3, -0.25) is 0 Å². The van der Waals surface area contributed by atoms with Crippen molar-refractivity contribution >= 4 is 43.7 Å². The van der Waals surface area contributed by atoms with Crippen molar-refractivity contribution < 1.29 is 18.3 Å². The van der Waals surface area contributed by atoms with Gasteiger partial charge in [0.2, 0.25) is 10.0 Å². The largest absolute Gasteiger partial charge is 0.478 e. The first-order valence-electron chi connectivity index (χ1n) is 6.32. The van der Waals surface area contributed by atoms with Gasteiger partial charge in [0, 0.05) is 16.3 Å². The highest BCUT2D eigenvalue weighted by molar-refractivity contribution is 9.10. The van der Waals surface area contributed by atoms with Crippen molar-refractivity contribution in [1.82, 2.24) is 4.72 Å². The third kappa shape index (κ3) is 4.98. The van der Waals surface area contributed by atoms with Gasteiger partial charge in [0.05, 0.1) is 10.5 Å². The van der Waals surface area contributed by atoms with Crippen LogP contribution in [0.15, 0.2) is 21.5 Å². The van der Waals surface area contributed by atoms with Crippen molar-refractivity contribution in [3.05, 3.63) is 27.7 Å². The van der Waals surface area contributed by atoms with E-state index in [1.165, 1.54) is 12.1 Å². The molecule has 1 rings (SSSR count). The molecule has 0 amide bonds. The molecule has 0 spiro atoms. The van der Waals surface area contributed by atoms with Crippen LogP contribution in [0.5, 0.6) is 0 Å². The molecular formula is C13H18BrNO4S2. The molecule has 1 aromatic carbocycles. The molecule has 0 heterocycles. The number of benzene rings is 1. The molecule has 0 aromatic heterocycles. The molecule has 0 radical (unpaired) electrons. The summed E-state index contributed by atoms with van der Waals surface area (Å²) in [6.07, 6.45) is 0. The van der Waals surface area contributed by atoms with Gasteiger partial charge >= 0.3 is 5.97 Å². The average Bonchev–Trinajstić information content (AvgIpc) is 2.38. The molecule has 0 saturated heterocycles. The summed E-state index contributed by atoms with van der Waals surface area (Å²) in [7, 11) is -3.76. The third-order valence-corrected chi connectivity index (χ3v) is 6.44. The Morgan fingerprint density at radius 2 is 2.10 bits per heavy atom. The molecule has 0 bridgehead atoms. The third-order valence-electron chi connectivity index (χ3n) is 2.76. The minimum absolute atomic E-state index is 0.0115. The Hall–Kier alpha value is -0.570. The molecular weight excluding hydrogens is 378 g/mol. The summed E-state index contributed by atoms with van der Waals surface area (Å²) < 4.78 is 27.9. The van der Waals surface area contributed by atoms with E-state index in [0.717, 1.165) is 5.75 Å². The van der Waals surface area contributed by atoms with Gasteiger partial charge in [-0.1, -0.05) is 22.9 Å². The number of nitrogens with one attached hydrogen (secondary N) is 1. The summed E-state index contributed by atoms with van der Waals surface area (Å²) in [4.78, 5) is 11.1. The molecule has 0 aliphatic heterocycles. The van der Waals surface area contributed by atoms with Crippen LogP contribution in [0.3, 0.4) is 0 Å². The van der Waals surface area contributed by atoms with Crippen molar-refractivity contribution in [2.45, 2.75) is 31.7 Å². The van der Waals surface area contributed by atoms with E-state index in [2.05, 4.69) is 20.7 Å². The van der Waals surface area contributed by atoms with Gasteiger partial charge < -0.3 is 5.11 Å². The zero-order valence-electron chi connectivity index (χ0n) is 12.0. The van der Waals surface area contributed by atoms with Crippen LogP contribution in [-0.4, -0.2) is 37.0 Å². The lowest BCUT2D eigenvalue weighted by Gasteiger charge is -2.16. The van der Waals surface area contributed by atoms with Crippen LogP contribution in [-0.2, 0) is 10.0 Å². The molecule has 0 aliphatic carbocycles. The maximum atomic E-state index is 12.4. The number of carboxylic acids is 1. The number of rotatable bonds is 7. The van der Waals surface area contributed by atoms with Gasteiger partial charge in [-0.25, -0.2) is 17.9 Å². The van der Waals surface area contributed by atoms with Crippen LogP contribution >= 0.6 is 27.7 Å². The Labute approximate surface area is 137 Å². The lowest BCUT2D eigenvalue weighted by atomic mass is 10.1. The van der Waals surface area contributed by atoms with Crippen LogP contribution in [0.25, 0.3) is 0 Å². The molecule has 8 heteroatoms. The molecule has 1 aromatic rings.